The Labute approximate surface area is 288 Å². The summed E-state index contributed by atoms with van der Waals surface area (Å²) in [6.45, 7) is 4.32. The topological polar surface area (TPSA) is 132 Å². The molecular weight excluding hydrogens is 679 g/mol. The Morgan fingerprint density at radius 2 is 1.48 bits per heavy atom. The fourth-order valence-corrected chi connectivity index (χ4v) is 7.17. The van der Waals surface area contributed by atoms with Gasteiger partial charge in [0, 0.05) is 60.5 Å². The summed E-state index contributed by atoms with van der Waals surface area (Å²) in [5.74, 6) is -1.24. The summed E-state index contributed by atoms with van der Waals surface area (Å²) in [5, 5.41) is 23.6. The molecule has 1 atom stereocenters. The van der Waals surface area contributed by atoms with Gasteiger partial charge in [0.1, 0.15) is 12.4 Å². The van der Waals surface area contributed by atoms with Gasteiger partial charge in [0.2, 0.25) is 0 Å². The van der Waals surface area contributed by atoms with Crippen molar-refractivity contribution in [1.29, 1.82) is 0 Å². The average Bonchev–Trinajstić information content (AvgIpc) is 3.10. The highest BCUT2D eigenvalue weighted by Gasteiger charge is 2.36. The number of para-hydroxylation sites is 1. The second kappa shape index (κ2) is 14.9. The number of anilines is 2. The molecule has 0 bridgehead atoms. The molecule has 4 aromatic carbocycles. The van der Waals surface area contributed by atoms with E-state index in [1.165, 1.54) is 42.1 Å². The molecular formula is C34H32F3N5O7S. The summed E-state index contributed by atoms with van der Waals surface area (Å²) in [5.41, 5.74) is 0.555. The zero-order valence-corrected chi connectivity index (χ0v) is 27.4. The summed E-state index contributed by atoms with van der Waals surface area (Å²) in [4.78, 5) is 42.4. The molecule has 1 unspecified atom stereocenters. The molecule has 1 fully saturated rings. The van der Waals surface area contributed by atoms with Gasteiger partial charge in [-0.2, -0.15) is 13.2 Å². The lowest BCUT2D eigenvalue weighted by Gasteiger charge is -2.36. The molecule has 0 N–H and O–H groups in total. The third-order valence-corrected chi connectivity index (χ3v) is 9.75. The molecule has 0 aromatic heterocycles. The smallest absolute Gasteiger partial charge is 0.452 e. The number of benzene rings is 4. The number of alkyl halides is 3. The Kier molecular flexibility index (Phi) is 10.4. The Balaban J connectivity index is 0.980. The largest absolute Gasteiger partial charge is 0.456 e. The second-order valence-electron chi connectivity index (χ2n) is 11.7. The first-order valence-corrected chi connectivity index (χ1v) is 16.6. The van der Waals surface area contributed by atoms with Crippen LogP contribution in [0.15, 0.2) is 88.7 Å². The number of fused-ring (bicyclic) bond motifs is 3. The van der Waals surface area contributed by atoms with Gasteiger partial charge in [-0.25, -0.2) is 4.79 Å². The molecule has 0 amide bonds. The highest BCUT2D eigenvalue weighted by atomic mass is 32.2. The predicted molar refractivity (Wildman–Crippen MR) is 179 cm³/mol. The molecule has 2 aliphatic heterocycles. The first-order chi connectivity index (χ1) is 24.0. The Morgan fingerprint density at radius 3 is 2.18 bits per heavy atom. The molecule has 0 aliphatic carbocycles. The number of nitro groups is 2. The molecule has 50 heavy (non-hydrogen) atoms. The number of ether oxygens (including phenoxy) is 2. The molecule has 2 heterocycles. The van der Waals surface area contributed by atoms with Gasteiger partial charge < -0.3 is 19.3 Å². The number of carbonyl (C=O) groups is 1. The number of non-ortho nitro benzene ring substituents is 1. The van der Waals surface area contributed by atoms with E-state index in [-0.39, 0.29) is 28.8 Å². The van der Waals surface area contributed by atoms with Gasteiger partial charge in [-0.1, -0.05) is 42.1 Å². The van der Waals surface area contributed by atoms with Crippen LogP contribution >= 0.6 is 11.8 Å². The van der Waals surface area contributed by atoms with E-state index in [2.05, 4.69) is 9.80 Å². The van der Waals surface area contributed by atoms with Gasteiger partial charge in [-0.3, -0.25) is 25.1 Å². The normalized spacial score (nSPS) is 15.6. The highest BCUT2D eigenvalue weighted by Crippen LogP contribution is 2.49. The predicted octanol–water partition coefficient (Wildman–Crippen LogP) is 6.60. The minimum atomic E-state index is -4.44. The third-order valence-electron chi connectivity index (χ3n) is 8.62. The van der Waals surface area contributed by atoms with Crippen molar-refractivity contribution in [1.82, 2.24) is 9.80 Å². The maximum atomic E-state index is 13.5. The molecule has 2 aliphatic rings. The van der Waals surface area contributed by atoms with Crippen LogP contribution in [0.1, 0.15) is 12.0 Å². The Morgan fingerprint density at radius 1 is 0.820 bits per heavy atom. The van der Waals surface area contributed by atoms with E-state index in [0.717, 1.165) is 53.7 Å². The highest BCUT2D eigenvalue weighted by molar-refractivity contribution is 7.99. The number of hydrogen-bond donors (Lipinski definition) is 0. The summed E-state index contributed by atoms with van der Waals surface area (Å²) in [7, 11) is 0. The van der Waals surface area contributed by atoms with Crippen molar-refractivity contribution in [2.75, 3.05) is 57.3 Å². The first kappa shape index (κ1) is 34.9. The molecule has 6 rings (SSSR count). The van der Waals surface area contributed by atoms with Crippen LogP contribution in [0.3, 0.4) is 0 Å². The lowest BCUT2D eigenvalue weighted by atomic mass is 10.1. The van der Waals surface area contributed by atoms with Crippen LogP contribution in [0.2, 0.25) is 0 Å². The van der Waals surface area contributed by atoms with Gasteiger partial charge in [-0.15, -0.1) is 0 Å². The molecule has 12 nitrogen and oxygen atoms in total. The number of rotatable bonds is 12. The number of piperazine rings is 1. The minimum Gasteiger partial charge on any atom is -0.456 e. The first-order valence-electron chi connectivity index (χ1n) is 15.8. The average molecular weight is 712 g/mol. The SMILES string of the molecule is O=C(OCCN1CCN(CCCN2c3ccccc3Sc3ccc(C(F)(F)F)cc32)CC1)C(Oc1ccc([N+](=O)[O-])c2ccccc12)[N+](=O)[O-]. The Hall–Kier alpha value is -4.93. The van der Waals surface area contributed by atoms with Crippen LogP contribution in [0.4, 0.5) is 30.2 Å². The molecule has 0 saturated carbocycles. The van der Waals surface area contributed by atoms with Gasteiger partial charge in [0.05, 0.1) is 32.2 Å². The maximum absolute atomic E-state index is 13.5. The molecule has 0 spiro atoms. The van der Waals surface area contributed by atoms with E-state index in [9.17, 15) is 38.2 Å². The second-order valence-corrected chi connectivity index (χ2v) is 12.8. The minimum absolute atomic E-state index is 0.0559. The van der Waals surface area contributed by atoms with Crippen LogP contribution < -0.4 is 9.64 Å². The van der Waals surface area contributed by atoms with Crippen molar-refractivity contribution in [3.8, 4) is 5.75 Å². The standard InChI is InChI=1S/C34H32F3N5O7S/c35-34(36,37)23-10-13-31-28(22-23)40(27-8-3-4-9-30(27)50-31)15-5-14-38-16-18-39(19-17-38)20-21-48-33(43)32(42(46)47)49-29-12-11-26(41(44)45)24-6-1-2-7-25(24)29/h1-4,6-13,22,32H,5,14-21H2. The van der Waals surface area contributed by atoms with Crippen molar-refractivity contribution in [2.24, 2.45) is 0 Å². The van der Waals surface area contributed by atoms with E-state index in [0.29, 0.717) is 31.9 Å². The molecule has 1 saturated heterocycles. The van der Waals surface area contributed by atoms with E-state index in [1.54, 1.807) is 12.1 Å². The summed E-state index contributed by atoms with van der Waals surface area (Å²) in [6, 6.07) is 20.1. The molecule has 262 valence electrons. The monoisotopic (exact) mass is 711 g/mol. The molecule has 0 radical (unpaired) electrons. The number of nitro benzene ring substituents is 1. The lowest BCUT2D eigenvalue weighted by Crippen LogP contribution is -2.48. The number of nitrogens with zero attached hydrogens (tertiary/aromatic N) is 5. The molecule has 16 heteroatoms. The van der Waals surface area contributed by atoms with Crippen LogP contribution in [0.25, 0.3) is 10.8 Å². The quantitative estimate of drug-likeness (QED) is 0.0682. The van der Waals surface area contributed by atoms with Gasteiger partial charge in [0.25, 0.3) is 5.69 Å². The van der Waals surface area contributed by atoms with E-state index < -0.39 is 33.8 Å². The van der Waals surface area contributed by atoms with Crippen molar-refractivity contribution in [2.45, 2.75) is 28.6 Å². The van der Waals surface area contributed by atoms with E-state index in [4.69, 9.17) is 9.47 Å². The van der Waals surface area contributed by atoms with Crippen molar-refractivity contribution < 1.29 is 37.3 Å². The number of hydrogen-bond acceptors (Lipinski definition) is 11. The van der Waals surface area contributed by atoms with Gasteiger partial charge in [-0.05, 0) is 55.4 Å². The zero-order valence-electron chi connectivity index (χ0n) is 26.6. The maximum Gasteiger partial charge on any atom is 0.452 e. The molecule has 4 aromatic rings. The lowest BCUT2D eigenvalue weighted by molar-refractivity contribution is -0.548. The fraction of sp³-hybridized carbons (Fsp3) is 0.324. The van der Waals surface area contributed by atoms with Crippen molar-refractivity contribution >= 4 is 45.6 Å². The zero-order chi connectivity index (χ0) is 35.4. The van der Waals surface area contributed by atoms with Gasteiger partial charge in [0.15, 0.2) is 0 Å². The van der Waals surface area contributed by atoms with E-state index in [1.807, 2.05) is 29.2 Å². The van der Waals surface area contributed by atoms with Crippen molar-refractivity contribution in [3.05, 3.63) is 105 Å². The third kappa shape index (κ3) is 7.77. The van der Waals surface area contributed by atoms with E-state index >= 15 is 0 Å². The van der Waals surface area contributed by atoms with Gasteiger partial charge >= 0.3 is 18.4 Å². The number of halogens is 3. The van der Waals surface area contributed by atoms with Crippen LogP contribution in [0, 0.1) is 20.2 Å². The summed E-state index contributed by atoms with van der Waals surface area (Å²) >= 11 is 1.46. The number of carbonyl (C=O) groups excluding carboxylic acids is 1. The van der Waals surface area contributed by atoms with Crippen LogP contribution in [-0.2, 0) is 15.7 Å². The fourth-order valence-electron chi connectivity index (χ4n) is 6.10. The Bertz CT molecular complexity index is 1910. The summed E-state index contributed by atoms with van der Waals surface area (Å²) < 4.78 is 51.2. The van der Waals surface area contributed by atoms with Crippen LogP contribution in [0.5, 0.6) is 5.75 Å². The van der Waals surface area contributed by atoms with Crippen LogP contribution in [-0.4, -0.2) is 84.3 Å². The number of esters is 1. The van der Waals surface area contributed by atoms with Crippen molar-refractivity contribution in [3.63, 3.8) is 0 Å². The summed E-state index contributed by atoms with van der Waals surface area (Å²) in [6.07, 6.45) is -5.87.